The van der Waals surface area contributed by atoms with Crippen LogP contribution in [0, 0.1) is 17.3 Å². The first-order valence-corrected chi connectivity index (χ1v) is 12.7. The molecule has 2 aliphatic rings. The maximum absolute atomic E-state index is 13.2. The van der Waals surface area contributed by atoms with E-state index >= 15 is 0 Å². The van der Waals surface area contributed by atoms with E-state index in [1.807, 2.05) is 37.7 Å². The predicted molar refractivity (Wildman–Crippen MR) is 132 cm³/mol. The van der Waals surface area contributed by atoms with Crippen LogP contribution in [-0.4, -0.2) is 61.5 Å². The van der Waals surface area contributed by atoms with E-state index in [0.717, 1.165) is 30.5 Å². The summed E-state index contributed by atoms with van der Waals surface area (Å²) in [6, 6.07) is 0. The van der Waals surface area contributed by atoms with Gasteiger partial charge in [-0.3, -0.25) is 9.59 Å². The summed E-state index contributed by atoms with van der Waals surface area (Å²) in [5, 5.41) is 21.7. The summed E-state index contributed by atoms with van der Waals surface area (Å²) in [7, 11) is 1.89. The molecule has 3 heterocycles. The smallest absolute Gasteiger partial charge is 0.309 e. The first-order chi connectivity index (χ1) is 16.2. The highest BCUT2D eigenvalue weighted by Crippen LogP contribution is 2.45. The molecule has 196 valence electrons. The second-order valence-corrected chi connectivity index (χ2v) is 11.4. The average Bonchev–Trinajstić information content (AvgIpc) is 3.22. The van der Waals surface area contributed by atoms with Crippen molar-refractivity contribution < 1.29 is 29.3 Å². The second kappa shape index (κ2) is 10.5. The van der Waals surface area contributed by atoms with Gasteiger partial charge in [-0.1, -0.05) is 34.1 Å². The molecule has 0 aliphatic carbocycles. The molecule has 0 spiro atoms. The molecule has 1 aromatic heterocycles. The summed E-state index contributed by atoms with van der Waals surface area (Å²) in [5.74, 6) is -1.56. The number of ether oxygens (including phenoxy) is 2. The number of hydrogen-bond donors (Lipinski definition) is 2. The number of imidazole rings is 1. The quantitative estimate of drug-likeness (QED) is 0.482. The number of aliphatic hydroxyl groups is 2. The van der Waals surface area contributed by atoms with Crippen molar-refractivity contribution in [2.75, 3.05) is 0 Å². The number of Topliss-reactive ketones (excluding diaryl/α,β-unsaturated/α-hetero) is 1. The Morgan fingerprint density at radius 2 is 1.91 bits per heavy atom. The zero-order valence-corrected chi connectivity index (χ0v) is 22.2. The van der Waals surface area contributed by atoms with Gasteiger partial charge in [0.25, 0.3) is 0 Å². The zero-order valence-electron chi connectivity index (χ0n) is 22.2. The van der Waals surface area contributed by atoms with E-state index in [2.05, 4.69) is 11.9 Å². The summed E-state index contributed by atoms with van der Waals surface area (Å²) in [4.78, 5) is 30.5. The Morgan fingerprint density at radius 3 is 2.54 bits per heavy atom. The van der Waals surface area contributed by atoms with E-state index in [-0.39, 0.29) is 29.8 Å². The number of hydrogen-bond acceptors (Lipinski definition) is 7. The van der Waals surface area contributed by atoms with Crippen LogP contribution in [0.5, 0.6) is 0 Å². The number of aromatic nitrogens is 2. The molecule has 8 nitrogen and oxygen atoms in total. The van der Waals surface area contributed by atoms with Crippen molar-refractivity contribution in [3.05, 3.63) is 23.8 Å². The molecule has 1 aromatic rings. The van der Waals surface area contributed by atoms with Gasteiger partial charge in [0.2, 0.25) is 0 Å². The van der Waals surface area contributed by atoms with Crippen molar-refractivity contribution in [2.24, 2.45) is 24.3 Å². The lowest BCUT2D eigenvalue weighted by atomic mass is 9.73. The maximum Gasteiger partial charge on any atom is 0.309 e. The second-order valence-electron chi connectivity index (χ2n) is 11.4. The van der Waals surface area contributed by atoms with Crippen LogP contribution < -0.4 is 0 Å². The molecule has 3 rings (SSSR count). The van der Waals surface area contributed by atoms with Gasteiger partial charge in [-0.05, 0) is 44.3 Å². The fourth-order valence-electron chi connectivity index (χ4n) is 5.13. The van der Waals surface area contributed by atoms with Gasteiger partial charge in [-0.15, -0.1) is 0 Å². The fourth-order valence-corrected chi connectivity index (χ4v) is 5.13. The Balaban J connectivity index is 1.85. The molecule has 35 heavy (non-hydrogen) atoms. The average molecular weight is 491 g/mol. The molecule has 8 heteroatoms. The number of ketones is 1. The minimum absolute atomic E-state index is 0.0533. The third-order valence-corrected chi connectivity index (χ3v) is 8.02. The largest absolute Gasteiger partial charge is 0.458 e. The van der Waals surface area contributed by atoms with Crippen molar-refractivity contribution in [2.45, 2.75) is 104 Å². The summed E-state index contributed by atoms with van der Waals surface area (Å²) in [6.07, 6.45) is 5.48. The Hall–Kier alpha value is -2.03. The monoisotopic (exact) mass is 490 g/mol. The number of fused-ring (bicyclic) bond motifs is 1. The summed E-state index contributed by atoms with van der Waals surface area (Å²) >= 11 is 0. The zero-order chi connectivity index (χ0) is 26.1. The SMILES string of the molecule is C/C(=C\c1cn(C)cn1)[C@@H]1C[C@@H]2O[C@]2(C)CCC[C@H](C)[C@H](O)[C@@H](C)C(=O)C(C)(C)[C@@H](O)CC(=O)O1. The van der Waals surface area contributed by atoms with E-state index in [4.69, 9.17) is 9.47 Å². The van der Waals surface area contributed by atoms with Gasteiger partial charge in [0.05, 0.1) is 47.8 Å². The van der Waals surface area contributed by atoms with Crippen LogP contribution in [0.2, 0.25) is 0 Å². The van der Waals surface area contributed by atoms with Crippen LogP contribution >= 0.6 is 0 Å². The van der Waals surface area contributed by atoms with Gasteiger partial charge >= 0.3 is 5.97 Å². The molecule has 0 aromatic carbocycles. The van der Waals surface area contributed by atoms with Gasteiger partial charge in [0, 0.05) is 25.6 Å². The topological polar surface area (TPSA) is 114 Å². The van der Waals surface area contributed by atoms with Crippen LogP contribution in [0.15, 0.2) is 18.1 Å². The minimum Gasteiger partial charge on any atom is -0.458 e. The predicted octanol–water partition coefficient (Wildman–Crippen LogP) is 3.45. The minimum atomic E-state index is -1.23. The summed E-state index contributed by atoms with van der Waals surface area (Å²) < 4.78 is 13.8. The molecule has 0 saturated carbocycles. The number of aryl methyl sites for hydroxylation is 1. The highest BCUT2D eigenvalue weighted by molar-refractivity contribution is 5.88. The third-order valence-electron chi connectivity index (χ3n) is 8.02. The van der Waals surface area contributed by atoms with Crippen LogP contribution in [0.3, 0.4) is 0 Å². The normalized spacial score (nSPS) is 37.5. The highest BCUT2D eigenvalue weighted by atomic mass is 16.6. The first kappa shape index (κ1) is 27.6. The van der Waals surface area contributed by atoms with E-state index in [0.29, 0.717) is 6.42 Å². The lowest BCUT2D eigenvalue weighted by Gasteiger charge is -2.34. The van der Waals surface area contributed by atoms with Crippen LogP contribution in [0.1, 0.15) is 79.3 Å². The van der Waals surface area contributed by atoms with E-state index in [1.165, 1.54) is 0 Å². The van der Waals surface area contributed by atoms with Gasteiger partial charge in [0.1, 0.15) is 11.9 Å². The van der Waals surface area contributed by atoms with Crippen molar-refractivity contribution in [1.82, 2.24) is 9.55 Å². The Kier molecular flexibility index (Phi) is 8.29. The van der Waals surface area contributed by atoms with Gasteiger partial charge in [-0.25, -0.2) is 4.98 Å². The summed E-state index contributed by atoms with van der Waals surface area (Å²) in [6.45, 7) is 10.9. The number of carbonyl (C=O) groups excluding carboxylic acids is 2. The first-order valence-electron chi connectivity index (χ1n) is 12.7. The van der Waals surface area contributed by atoms with Crippen molar-refractivity contribution >= 4 is 17.8 Å². The number of aliphatic hydroxyl groups excluding tert-OH is 2. The standard InChI is InChI=1S/C27H42N2O6/c1-16-9-8-10-27(6)22(35-27)12-20(17(2)11-19-14-29(7)15-28-19)34-23(31)13-21(30)26(4,5)25(33)18(3)24(16)32/h11,14-16,18,20-22,24,30,32H,8-10,12-13H2,1-7H3/b17-11+/t16-,18+,20-,21-,22-,24-,27+/m0/s1. The molecule has 2 saturated heterocycles. The number of nitrogens with zero attached hydrogens (tertiary/aromatic N) is 2. The van der Waals surface area contributed by atoms with Gasteiger partial charge in [0.15, 0.2) is 0 Å². The molecule has 0 amide bonds. The molecular formula is C27H42N2O6. The highest BCUT2D eigenvalue weighted by Gasteiger charge is 2.53. The molecule has 2 aliphatic heterocycles. The number of cyclic esters (lactones) is 1. The van der Waals surface area contributed by atoms with Crippen LogP contribution in [-0.2, 0) is 26.1 Å². The fraction of sp³-hybridized carbons (Fsp3) is 0.741. The van der Waals surface area contributed by atoms with Gasteiger partial charge in [-0.2, -0.15) is 0 Å². The number of carbonyl (C=O) groups is 2. The molecule has 0 bridgehead atoms. The van der Waals surface area contributed by atoms with Crippen LogP contribution in [0.4, 0.5) is 0 Å². The molecule has 0 radical (unpaired) electrons. The van der Waals surface area contributed by atoms with Crippen molar-refractivity contribution in [3.8, 4) is 0 Å². The lowest BCUT2D eigenvalue weighted by Crippen LogP contribution is -2.45. The van der Waals surface area contributed by atoms with E-state index in [9.17, 15) is 19.8 Å². The Morgan fingerprint density at radius 1 is 1.23 bits per heavy atom. The van der Waals surface area contributed by atoms with Gasteiger partial charge < -0.3 is 24.3 Å². The lowest BCUT2D eigenvalue weighted by molar-refractivity contribution is -0.154. The number of rotatable bonds is 2. The van der Waals surface area contributed by atoms with Crippen LogP contribution in [0.25, 0.3) is 6.08 Å². The van der Waals surface area contributed by atoms with Crippen molar-refractivity contribution in [3.63, 3.8) is 0 Å². The van der Waals surface area contributed by atoms with E-state index in [1.54, 1.807) is 27.1 Å². The Bertz CT molecular complexity index is 953. The molecule has 0 unspecified atom stereocenters. The molecule has 2 N–H and O–H groups in total. The summed E-state index contributed by atoms with van der Waals surface area (Å²) in [5.41, 5.74) is 0.0933. The number of epoxide rings is 1. The molecule has 7 atom stereocenters. The Labute approximate surface area is 208 Å². The molecule has 2 fully saturated rings. The van der Waals surface area contributed by atoms with Crippen molar-refractivity contribution in [1.29, 1.82) is 0 Å². The maximum atomic E-state index is 13.2. The molecular weight excluding hydrogens is 448 g/mol. The third kappa shape index (κ3) is 6.40. The number of esters is 1. The van der Waals surface area contributed by atoms with E-state index < -0.39 is 35.6 Å².